The van der Waals surface area contributed by atoms with E-state index in [4.69, 9.17) is 14.2 Å². The van der Waals surface area contributed by atoms with Crippen LogP contribution in [0.1, 0.15) is 200 Å². The molecule has 0 N–H and O–H groups in total. The molecule has 8 nitrogen and oxygen atoms in total. The summed E-state index contributed by atoms with van der Waals surface area (Å²) in [6.07, 6.45) is 36.6. The first-order valence-corrected chi connectivity index (χ1v) is 21.7. The molecule has 0 radical (unpaired) electrons. The fraction of sp³-hybridized carbons (Fsp3) is 0.886. The van der Waals surface area contributed by atoms with Crippen LogP contribution in [-0.4, -0.2) is 75.5 Å². The normalized spacial score (nSPS) is 13.0. The Bertz CT molecular complexity index is 869. The van der Waals surface area contributed by atoms with Gasteiger partial charge in [-0.05, 0) is 38.5 Å². The maximum atomic E-state index is 12.6. The standard InChI is InChI=1S/C44H83NO7/c1-6-8-10-12-14-16-18-19-20-21-22-23-24-25-27-28-30-32-34-42(46)51-39-40(38-50-37-36-41(44(48)49)45(3,4)5)52-43(47)35-33-31-29-26-17-15-13-11-9-7-2/h22-23,40-41H,6-21,24-39H2,1-5H3/b23-22+. The lowest BCUT2D eigenvalue weighted by atomic mass is 10.1. The van der Waals surface area contributed by atoms with Crippen molar-refractivity contribution in [3.63, 3.8) is 0 Å². The smallest absolute Gasteiger partial charge is 0.306 e. The number of unbranched alkanes of at least 4 members (excludes halogenated alkanes) is 23. The van der Waals surface area contributed by atoms with Crippen molar-refractivity contribution >= 4 is 17.9 Å². The molecule has 0 heterocycles. The lowest BCUT2D eigenvalue weighted by Crippen LogP contribution is -2.55. The second-order valence-corrected chi connectivity index (χ2v) is 15.9. The van der Waals surface area contributed by atoms with Gasteiger partial charge in [0, 0.05) is 19.3 Å². The Kier molecular flexibility index (Phi) is 34.7. The number of carboxylic acid groups (broad SMARTS) is 1. The third-order valence-electron chi connectivity index (χ3n) is 9.90. The first-order chi connectivity index (χ1) is 25.1. The summed E-state index contributed by atoms with van der Waals surface area (Å²) in [5, 5.41) is 11.6. The molecule has 0 rings (SSSR count). The van der Waals surface area contributed by atoms with Crippen LogP contribution in [-0.2, 0) is 28.6 Å². The first-order valence-electron chi connectivity index (χ1n) is 21.7. The summed E-state index contributed by atoms with van der Waals surface area (Å²) < 4.78 is 17.1. The van der Waals surface area contributed by atoms with Gasteiger partial charge in [0.1, 0.15) is 12.6 Å². The van der Waals surface area contributed by atoms with Gasteiger partial charge in [-0.25, -0.2) is 0 Å². The van der Waals surface area contributed by atoms with Gasteiger partial charge in [-0.2, -0.15) is 0 Å². The zero-order chi connectivity index (χ0) is 38.5. The lowest BCUT2D eigenvalue weighted by molar-refractivity contribution is -0.889. The Balaban J connectivity index is 4.28. The molecule has 0 aromatic heterocycles. The second-order valence-electron chi connectivity index (χ2n) is 15.9. The molecule has 0 aromatic rings. The van der Waals surface area contributed by atoms with Crippen molar-refractivity contribution in [2.24, 2.45) is 0 Å². The number of hydrogen-bond donors (Lipinski definition) is 0. The maximum absolute atomic E-state index is 12.6. The summed E-state index contributed by atoms with van der Waals surface area (Å²) in [4.78, 5) is 36.7. The van der Waals surface area contributed by atoms with Crippen molar-refractivity contribution in [1.29, 1.82) is 0 Å². The minimum atomic E-state index is -1.12. The fourth-order valence-electron chi connectivity index (χ4n) is 6.48. The van der Waals surface area contributed by atoms with Gasteiger partial charge in [0.15, 0.2) is 6.10 Å². The highest BCUT2D eigenvalue weighted by molar-refractivity contribution is 5.70. The number of carbonyl (C=O) groups is 3. The van der Waals surface area contributed by atoms with Gasteiger partial charge in [-0.3, -0.25) is 9.59 Å². The van der Waals surface area contributed by atoms with Gasteiger partial charge in [-0.15, -0.1) is 0 Å². The highest BCUT2D eigenvalue weighted by Crippen LogP contribution is 2.14. The van der Waals surface area contributed by atoms with Gasteiger partial charge in [-0.1, -0.05) is 154 Å². The van der Waals surface area contributed by atoms with Gasteiger partial charge in [0.05, 0.1) is 40.3 Å². The van der Waals surface area contributed by atoms with E-state index >= 15 is 0 Å². The number of likely N-dealkylation sites (N-methyl/N-ethyl adjacent to an activating group) is 1. The van der Waals surface area contributed by atoms with E-state index in [2.05, 4.69) is 26.0 Å². The number of ether oxygens (including phenoxy) is 3. The van der Waals surface area contributed by atoms with E-state index in [-0.39, 0.29) is 42.7 Å². The first kappa shape index (κ1) is 50.1. The van der Waals surface area contributed by atoms with Crippen LogP contribution in [0.5, 0.6) is 0 Å². The molecule has 0 saturated carbocycles. The number of carbonyl (C=O) groups excluding carboxylic acids is 3. The number of rotatable bonds is 39. The van der Waals surface area contributed by atoms with E-state index < -0.39 is 18.1 Å². The highest BCUT2D eigenvalue weighted by atomic mass is 16.6. The van der Waals surface area contributed by atoms with E-state index in [1.807, 2.05) is 0 Å². The summed E-state index contributed by atoms with van der Waals surface area (Å²) in [7, 11) is 5.40. The topological polar surface area (TPSA) is 102 Å². The molecule has 0 bridgehead atoms. The molecule has 0 aliphatic heterocycles. The van der Waals surface area contributed by atoms with Crippen LogP contribution in [0.2, 0.25) is 0 Å². The molecule has 0 aliphatic rings. The summed E-state index contributed by atoms with van der Waals surface area (Å²) in [6.45, 7) is 4.65. The molecule has 52 heavy (non-hydrogen) atoms. The highest BCUT2D eigenvalue weighted by Gasteiger charge is 2.25. The molecule has 0 fully saturated rings. The van der Waals surface area contributed by atoms with Gasteiger partial charge >= 0.3 is 11.9 Å². The SMILES string of the molecule is CCCCCCCCCCC/C=C/CCCCCCCC(=O)OCC(COCCC(C(=O)[O-])[N+](C)(C)C)OC(=O)CCCCCCCCCCCC. The summed E-state index contributed by atoms with van der Waals surface area (Å²) >= 11 is 0. The van der Waals surface area contributed by atoms with Gasteiger partial charge < -0.3 is 28.6 Å². The Morgan fingerprint density at radius 2 is 0.962 bits per heavy atom. The average molecular weight is 738 g/mol. The predicted molar refractivity (Wildman–Crippen MR) is 213 cm³/mol. The third kappa shape index (κ3) is 33.9. The zero-order valence-corrected chi connectivity index (χ0v) is 34.7. The largest absolute Gasteiger partial charge is 0.544 e. The Morgan fingerprint density at radius 1 is 0.558 bits per heavy atom. The van der Waals surface area contributed by atoms with Crippen LogP contribution in [0.3, 0.4) is 0 Å². The van der Waals surface area contributed by atoms with Crippen LogP contribution in [0, 0.1) is 0 Å². The van der Waals surface area contributed by atoms with Crippen molar-refractivity contribution < 1.29 is 38.2 Å². The number of quaternary nitrogens is 1. The molecule has 0 aliphatic carbocycles. The average Bonchev–Trinajstić information content (AvgIpc) is 3.09. The van der Waals surface area contributed by atoms with Crippen LogP contribution in [0.25, 0.3) is 0 Å². The summed E-state index contributed by atoms with van der Waals surface area (Å²) in [5.74, 6) is -1.74. The summed E-state index contributed by atoms with van der Waals surface area (Å²) in [5.41, 5.74) is 0. The number of hydrogen-bond acceptors (Lipinski definition) is 7. The van der Waals surface area contributed by atoms with Gasteiger partial charge in [0.2, 0.25) is 0 Å². The molecular weight excluding hydrogens is 654 g/mol. The Morgan fingerprint density at radius 3 is 1.38 bits per heavy atom. The minimum Gasteiger partial charge on any atom is -0.544 e. The maximum Gasteiger partial charge on any atom is 0.306 e. The molecule has 306 valence electrons. The van der Waals surface area contributed by atoms with Crippen LogP contribution < -0.4 is 5.11 Å². The molecular formula is C44H83NO7. The second kappa shape index (κ2) is 36.1. The minimum absolute atomic E-state index is 0.0433. The summed E-state index contributed by atoms with van der Waals surface area (Å²) in [6, 6.07) is -0.721. The third-order valence-corrected chi connectivity index (χ3v) is 9.90. The van der Waals surface area contributed by atoms with Crippen molar-refractivity contribution in [1.82, 2.24) is 0 Å². The molecule has 2 atom stereocenters. The van der Waals surface area contributed by atoms with E-state index in [0.29, 0.717) is 12.8 Å². The van der Waals surface area contributed by atoms with E-state index in [1.54, 1.807) is 21.1 Å². The van der Waals surface area contributed by atoms with E-state index in [9.17, 15) is 19.5 Å². The monoisotopic (exact) mass is 738 g/mol. The molecule has 0 amide bonds. The van der Waals surface area contributed by atoms with Gasteiger partial charge in [0.25, 0.3) is 0 Å². The predicted octanol–water partition coefficient (Wildman–Crippen LogP) is 10.2. The van der Waals surface area contributed by atoms with Crippen LogP contribution in [0.15, 0.2) is 12.2 Å². The van der Waals surface area contributed by atoms with Crippen molar-refractivity contribution in [2.45, 2.75) is 212 Å². The number of allylic oxidation sites excluding steroid dienone is 2. The molecule has 0 aromatic carbocycles. The number of carboxylic acids is 1. The van der Waals surface area contributed by atoms with E-state index in [0.717, 1.165) is 44.9 Å². The van der Waals surface area contributed by atoms with Crippen molar-refractivity contribution in [3.05, 3.63) is 12.2 Å². The molecule has 8 heteroatoms. The Hall–Kier alpha value is -1.93. The quantitative estimate of drug-likeness (QED) is 0.0268. The molecule has 0 spiro atoms. The molecule has 2 unspecified atom stereocenters. The van der Waals surface area contributed by atoms with E-state index in [1.165, 1.54) is 122 Å². The van der Waals surface area contributed by atoms with Crippen LogP contribution in [0.4, 0.5) is 0 Å². The fourth-order valence-corrected chi connectivity index (χ4v) is 6.48. The van der Waals surface area contributed by atoms with Crippen molar-refractivity contribution in [3.8, 4) is 0 Å². The zero-order valence-electron chi connectivity index (χ0n) is 34.7. The number of nitrogens with zero attached hydrogens (tertiary/aromatic N) is 1. The molecule has 0 saturated heterocycles. The van der Waals surface area contributed by atoms with Crippen LogP contribution >= 0.6 is 0 Å². The van der Waals surface area contributed by atoms with Crippen molar-refractivity contribution in [2.75, 3.05) is 41.0 Å². The Labute approximate surface area is 320 Å². The lowest BCUT2D eigenvalue weighted by Gasteiger charge is -2.34. The number of aliphatic carboxylic acids is 1. The number of esters is 2.